The maximum Gasteiger partial charge on any atom is 0.263 e. The molecule has 1 heterocycles. The van der Waals surface area contributed by atoms with Crippen molar-refractivity contribution in [2.75, 3.05) is 4.72 Å². The molecule has 0 spiro atoms. The topological polar surface area (TPSA) is 79.3 Å². The Hall–Kier alpha value is -1.34. The largest absolute Gasteiger partial charge is 0.392 e. The monoisotopic (exact) mass is 346 g/mol. The average Bonchev–Trinajstić information content (AvgIpc) is 2.43. The van der Waals surface area contributed by atoms with Crippen LogP contribution in [0.1, 0.15) is 11.1 Å². The van der Waals surface area contributed by atoms with Gasteiger partial charge < -0.3 is 5.11 Å². The summed E-state index contributed by atoms with van der Waals surface area (Å²) in [5.41, 5.74) is 1.31. The first-order valence-electron chi connectivity index (χ1n) is 5.87. The molecule has 0 fully saturated rings. The van der Waals surface area contributed by atoms with Crippen LogP contribution in [0.5, 0.6) is 0 Å². The van der Waals surface area contributed by atoms with Crippen molar-refractivity contribution in [2.24, 2.45) is 0 Å². The van der Waals surface area contributed by atoms with Gasteiger partial charge in [0.05, 0.1) is 23.5 Å². The molecule has 21 heavy (non-hydrogen) atoms. The normalized spacial score (nSPS) is 11.4. The number of aryl methyl sites for hydroxylation is 1. The third-order valence-electron chi connectivity index (χ3n) is 2.82. The van der Waals surface area contributed by atoms with E-state index in [-0.39, 0.29) is 20.5 Å². The van der Waals surface area contributed by atoms with Crippen molar-refractivity contribution in [1.29, 1.82) is 0 Å². The van der Waals surface area contributed by atoms with Gasteiger partial charge in [-0.1, -0.05) is 23.2 Å². The molecule has 0 aliphatic rings. The number of nitrogens with zero attached hydrogens (tertiary/aromatic N) is 1. The number of hydrogen-bond donors (Lipinski definition) is 2. The predicted octanol–water partition coefficient (Wildman–Crippen LogP) is 2.99. The molecule has 0 radical (unpaired) electrons. The SMILES string of the molecule is Cc1ccncc1NS(=O)(=O)c1cc(Cl)cc(CO)c1Cl. The van der Waals surface area contributed by atoms with E-state index < -0.39 is 16.6 Å². The average molecular weight is 347 g/mol. The zero-order chi connectivity index (χ0) is 15.6. The zero-order valence-corrected chi connectivity index (χ0v) is 13.3. The van der Waals surface area contributed by atoms with Gasteiger partial charge in [0, 0.05) is 11.2 Å². The molecule has 112 valence electrons. The van der Waals surface area contributed by atoms with Crippen molar-refractivity contribution < 1.29 is 13.5 Å². The fourth-order valence-corrected chi connectivity index (χ4v) is 3.74. The minimum Gasteiger partial charge on any atom is -0.392 e. The Kier molecular flexibility index (Phi) is 4.73. The number of pyridine rings is 1. The van der Waals surface area contributed by atoms with Crippen LogP contribution in [0.2, 0.25) is 10.0 Å². The Morgan fingerprint density at radius 2 is 2.05 bits per heavy atom. The van der Waals surface area contributed by atoms with E-state index in [2.05, 4.69) is 9.71 Å². The van der Waals surface area contributed by atoms with Crippen LogP contribution in [0.3, 0.4) is 0 Å². The van der Waals surface area contributed by atoms with E-state index in [0.29, 0.717) is 11.3 Å². The van der Waals surface area contributed by atoms with Crippen LogP contribution in [0.25, 0.3) is 0 Å². The first-order chi connectivity index (χ1) is 9.85. The van der Waals surface area contributed by atoms with E-state index in [1.807, 2.05) is 0 Å². The Bertz CT molecular complexity index is 779. The van der Waals surface area contributed by atoms with E-state index >= 15 is 0 Å². The quantitative estimate of drug-likeness (QED) is 0.891. The van der Waals surface area contributed by atoms with Gasteiger partial charge in [0.1, 0.15) is 4.90 Å². The Morgan fingerprint density at radius 1 is 1.33 bits per heavy atom. The first-order valence-corrected chi connectivity index (χ1v) is 8.11. The minimum atomic E-state index is -3.94. The Morgan fingerprint density at radius 3 is 2.67 bits per heavy atom. The molecular formula is C13H12Cl2N2O3S. The Labute approximate surface area is 132 Å². The van der Waals surface area contributed by atoms with E-state index in [1.165, 1.54) is 18.3 Å². The maximum atomic E-state index is 12.4. The molecule has 0 unspecified atom stereocenters. The summed E-state index contributed by atoms with van der Waals surface area (Å²) in [7, 11) is -3.94. The lowest BCUT2D eigenvalue weighted by Gasteiger charge is -2.13. The third-order valence-corrected chi connectivity index (χ3v) is 4.99. The van der Waals surface area contributed by atoms with Crippen molar-refractivity contribution in [1.82, 2.24) is 4.98 Å². The number of aliphatic hydroxyl groups excluding tert-OH is 1. The lowest BCUT2D eigenvalue weighted by molar-refractivity contribution is 0.281. The lowest BCUT2D eigenvalue weighted by atomic mass is 10.2. The Balaban J connectivity index is 2.50. The van der Waals surface area contributed by atoms with Gasteiger partial charge in [-0.25, -0.2) is 8.42 Å². The molecule has 0 atom stereocenters. The molecule has 0 bridgehead atoms. The van der Waals surface area contributed by atoms with Gasteiger partial charge in [-0.15, -0.1) is 0 Å². The van der Waals surface area contributed by atoms with Gasteiger partial charge in [-0.3, -0.25) is 9.71 Å². The third kappa shape index (κ3) is 3.47. The van der Waals surface area contributed by atoms with Crippen LogP contribution < -0.4 is 4.72 Å². The molecule has 2 aromatic rings. The number of sulfonamides is 1. The smallest absolute Gasteiger partial charge is 0.263 e. The fraction of sp³-hybridized carbons (Fsp3) is 0.154. The molecule has 0 aliphatic heterocycles. The number of hydrogen-bond acceptors (Lipinski definition) is 4. The number of aromatic nitrogens is 1. The second-order valence-corrected chi connectivity index (χ2v) is 6.80. The highest BCUT2D eigenvalue weighted by molar-refractivity contribution is 7.92. The summed E-state index contributed by atoms with van der Waals surface area (Å²) < 4.78 is 27.3. The molecule has 0 saturated carbocycles. The summed E-state index contributed by atoms with van der Waals surface area (Å²) in [6.45, 7) is 1.34. The van der Waals surface area contributed by atoms with Crippen LogP contribution in [-0.2, 0) is 16.6 Å². The molecule has 5 nitrogen and oxygen atoms in total. The number of benzene rings is 1. The second-order valence-electron chi connectivity index (χ2n) is 4.33. The summed E-state index contributed by atoms with van der Waals surface area (Å²) in [5.74, 6) is 0. The van der Waals surface area contributed by atoms with E-state index in [4.69, 9.17) is 23.2 Å². The summed E-state index contributed by atoms with van der Waals surface area (Å²) >= 11 is 11.9. The number of nitrogens with one attached hydrogen (secondary N) is 1. The van der Waals surface area contributed by atoms with Crippen molar-refractivity contribution in [3.63, 3.8) is 0 Å². The number of halogens is 2. The summed E-state index contributed by atoms with van der Waals surface area (Å²) in [4.78, 5) is 3.68. The molecule has 0 saturated heterocycles. The van der Waals surface area contributed by atoms with Gasteiger partial charge in [0.2, 0.25) is 0 Å². The first kappa shape index (κ1) is 16.0. The molecule has 2 N–H and O–H groups in total. The summed E-state index contributed by atoms with van der Waals surface area (Å²) in [6, 6.07) is 4.33. The molecule has 0 amide bonds. The van der Waals surface area contributed by atoms with Crippen molar-refractivity contribution in [3.8, 4) is 0 Å². The molecular weight excluding hydrogens is 335 g/mol. The molecule has 1 aromatic carbocycles. The number of aliphatic hydroxyl groups is 1. The van der Waals surface area contributed by atoms with Crippen molar-refractivity contribution in [2.45, 2.75) is 18.4 Å². The van der Waals surface area contributed by atoms with Gasteiger partial charge >= 0.3 is 0 Å². The van der Waals surface area contributed by atoms with Crippen LogP contribution in [0.15, 0.2) is 35.5 Å². The van der Waals surface area contributed by atoms with Gasteiger partial charge in [-0.2, -0.15) is 0 Å². The van der Waals surface area contributed by atoms with Crippen LogP contribution >= 0.6 is 23.2 Å². The molecule has 0 aliphatic carbocycles. The fourth-order valence-electron chi connectivity index (χ4n) is 1.70. The van der Waals surface area contributed by atoms with Crippen LogP contribution in [0, 0.1) is 6.92 Å². The zero-order valence-electron chi connectivity index (χ0n) is 11.0. The van der Waals surface area contributed by atoms with Crippen molar-refractivity contribution in [3.05, 3.63) is 51.8 Å². The maximum absolute atomic E-state index is 12.4. The summed E-state index contributed by atoms with van der Waals surface area (Å²) in [6.07, 6.45) is 2.96. The molecule has 8 heteroatoms. The van der Waals surface area contributed by atoms with Crippen LogP contribution in [0.4, 0.5) is 5.69 Å². The summed E-state index contributed by atoms with van der Waals surface area (Å²) in [5, 5.41) is 9.31. The highest BCUT2D eigenvalue weighted by Crippen LogP contribution is 2.31. The van der Waals surface area contributed by atoms with E-state index in [9.17, 15) is 13.5 Å². The predicted molar refractivity (Wildman–Crippen MR) is 82.2 cm³/mol. The number of rotatable bonds is 4. The lowest BCUT2D eigenvalue weighted by Crippen LogP contribution is -2.15. The van der Waals surface area contributed by atoms with Crippen molar-refractivity contribution >= 4 is 38.9 Å². The highest BCUT2D eigenvalue weighted by Gasteiger charge is 2.21. The van der Waals surface area contributed by atoms with Gasteiger partial charge in [-0.05, 0) is 36.2 Å². The highest BCUT2D eigenvalue weighted by atomic mass is 35.5. The number of anilines is 1. The minimum absolute atomic E-state index is 0.0593. The molecule has 2 rings (SSSR count). The standard InChI is InChI=1S/C13H12Cl2N2O3S/c1-8-2-3-16-6-11(8)17-21(19,20)12-5-10(14)4-9(7-18)13(12)15/h2-6,17-18H,7H2,1H3. The van der Waals surface area contributed by atoms with Gasteiger partial charge in [0.25, 0.3) is 10.0 Å². The second kappa shape index (κ2) is 6.19. The molecule has 1 aromatic heterocycles. The van der Waals surface area contributed by atoms with E-state index in [1.54, 1.807) is 19.2 Å². The van der Waals surface area contributed by atoms with Gasteiger partial charge in [0.15, 0.2) is 0 Å². The van der Waals surface area contributed by atoms with Crippen LogP contribution in [-0.4, -0.2) is 18.5 Å². The van der Waals surface area contributed by atoms with E-state index in [0.717, 1.165) is 0 Å².